The van der Waals surface area contributed by atoms with Crippen molar-refractivity contribution in [1.82, 2.24) is 4.98 Å². The van der Waals surface area contributed by atoms with E-state index in [-0.39, 0.29) is 0 Å². The Morgan fingerprint density at radius 2 is 1.88 bits per heavy atom. The first kappa shape index (κ1) is 11.9. The summed E-state index contributed by atoms with van der Waals surface area (Å²) in [5, 5.41) is 0.655. The number of aromatic nitrogens is 1. The highest BCUT2D eigenvalue weighted by molar-refractivity contribution is 6.30. The van der Waals surface area contributed by atoms with Gasteiger partial charge in [0.25, 0.3) is 0 Å². The predicted octanol–water partition coefficient (Wildman–Crippen LogP) is 4.12. The van der Waals surface area contributed by atoms with Gasteiger partial charge in [-0.25, -0.2) is 4.98 Å². The molecule has 2 aromatic rings. The van der Waals surface area contributed by atoms with Crippen LogP contribution >= 0.6 is 11.6 Å². The van der Waals surface area contributed by atoms with Gasteiger partial charge >= 0.3 is 0 Å². The lowest BCUT2D eigenvalue weighted by atomic mass is 10.1. The molecule has 0 saturated heterocycles. The molecule has 0 bridgehead atoms. The third kappa shape index (κ3) is 2.59. The van der Waals surface area contributed by atoms with Crippen LogP contribution < -0.4 is 4.90 Å². The van der Waals surface area contributed by atoms with Crippen LogP contribution in [0.15, 0.2) is 36.5 Å². The van der Waals surface area contributed by atoms with Crippen molar-refractivity contribution >= 4 is 23.1 Å². The molecule has 2 nitrogen and oxygen atoms in total. The van der Waals surface area contributed by atoms with Gasteiger partial charge in [-0.15, -0.1) is 0 Å². The Labute approximate surface area is 107 Å². The average molecular weight is 247 g/mol. The van der Waals surface area contributed by atoms with E-state index >= 15 is 0 Å². The normalized spacial score (nSPS) is 10.4. The Kier molecular flexibility index (Phi) is 3.34. The molecule has 0 N–H and O–H groups in total. The van der Waals surface area contributed by atoms with Crippen LogP contribution in [-0.4, -0.2) is 12.0 Å². The Morgan fingerprint density at radius 3 is 2.47 bits per heavy atom. The van der Waals surface area contributed by atoms with Crippen molar-refractivity contribution in [3.63, 3.8) is 0 Å². The van der Waals surface area contributed by atoms with Crippen LogP contribution in [0.3, 0.4) is 0 Å². The summed E-state index contributed by atoms with van der Waals surface area (Å²) in [5.74, 6) is 0.890. The molecule has 17 heavy (non-hydrogen) atoms. The SMILES string of the molecule is Cc1ccc(N(C)c2ccc(Cl)cn2)c(C)c1. The maximum atomic E-state index is 5.83. The summed E-state index contributed by atoms with van der Waals surface area (Å²) in [6, 6.07) is 10.2. The molecule has 1 aromatic carbocycles. The van der Waals surface area contributed by atoms with Crippen LogP contribution in [0.5, 0.6) is 0 Å². The number of nitrogens with zero attached hydrogens (tertiary/aromatic N) is 2. The molecule has 2 rings (SSSR count). The van der Waals surface area contributed by atoms with E-state index in [9.17, 15) is 0 Å². The number of anilines is 2. The smallest absolute Gasteiger partial charge is 0.132 e. The van der Waals surface area contributed by atoms with E-state index in [0.29, 0.717) is 5.02 Å². The van der Waals surface area contributed by atoms with Crippen LogP contribution in [0, 0.1) is 13.8 Å². The van der Waals surface area contributed by atoms with Crippen molar-refractivity contribution in [2.24, 2.45) is 0 Å². The first-order chi connectivity index (χ1) is 8.08. The van der Waals surface area contributed by atoms with Crippen LogP contribution in [0.1, 0.15) is 11.1 Å². The fourth-order valence-corrected chi connectivity index (χ4v) is 1.98. The fraction of sp³-hybridized carbons (Fsp3) is 0.214. The second-order valence-corrected chi connectivity index (χ2v) is 4.62. The Morgan fingerprint density at radius 1 is 1.12 bits per heavy atom. The van der Waals surface area contributed by atoms with E-state index in [2.05, 4.69) is 41.9 Å². The largest absolute Gasteiger partial charge is 0.329 e. The number of hydrogen-bond acceptors (Lipinski definition) is 2. The molecule has 0 amide bonds. The van der Waals surface area contributed by atoms with Crippen LogP contribution in [-0.2, 0) is 0 Å². The molecule has 0 unspecified atom stereocenters. The van der Waals surface area contributed by atoms with Gasteiger partial charge in [0.15, 0.2) is 0 Å². The maximum Gasteiger partial charge on any atom is 0.132 e. The quantitative estimate of drug-likeness (QED) is 0.793. The number of rotatable bonds is 2. The highest BCUT2D eigenvalue weighted by atomic mass is 35.5. The third-order valence-electron chi connectivity index (χ3n) is 2.77. The van der Waals surface area contributed by atoms with Crippen LogP contribution in [0.2, 0.25) is 5.02 Å². The predicted molar refractivity (Wildman–Crippen MR) is 73.2 cm³/mol. The molecule has 0 aliphatic heterocycles. The minimum Gasteiger partial charge on any atom is -0.329 e. The van der Waals surface area contributed by atoms with Gasteiger partial charge in [0.1, 0.15) is 5.82 Å². The topological polar surface area (TPSA) is 16.1 Å². The molecule has 0 aliphatic carbocycles. The standard InChI is InChI=1S/C14H15ClN2/c1-10-4-6-13(11(2)8-10)17(3)14-7-5-12(15)9-16-14/h4-9H,1-3H3. The second-order valence-electron chi connectivity index (χ2n) is 4.18. The molecule has 0 saturated carbocycles. The van der Waals surface area contributed by atoms with Gasteiger partial charge in [-0.3, -0.25) is 0 Å². The molecule has 0 spiro atoms. The lowest BCUT2D eigenvalue weighted by Crippen LogP contribution is -2.12. The molecule has 0 aliphatic rings. The van der Waals surface area contributed by atoms with Gasteiger partial charge in [-0.2, -0.15) is 0 Å². The lowest BCUT2D eigenvalue weighted by Gasteiger charge is -2.20. The van der Waals surface area contributed by atoms with Gasteiger partial charge in [0, 0.05) is 18.9 Å². The van der Waals surface area contributed by atoms with Crippen LogP contribution in [0.25, 0.3) is 0 Å². The summed E-state index contributed by atoms with van der Waals surface area (Å²) in [7, 11) is 2.01. The molecule has 0 radical (unpaired) electrons. The molecule has 88 valence electrons. The van der Waals surface area contributed by atoms with Crippen molar-refractivity contribution in [2.75, 3.05) is 11.9 Å². The number of pyridine rings is 1. The highest BCUT2D eigenvalue weighted by Crippen LogP contribution is 2.26. The zero-order valence-corrected chi connectivity index (χ0v) is 11.0. The van der Waals surface area contributed by atoms with E-state index in [1.807, 2.05) is 19.2 Å². The van der Waals surface area contributed by atoms with E-state index in [0.717, 1.165) is 11.5 Å². The molecular formula is C14H15ClN2. The van der Waals surface area contributed by atoms with E-state index < -0.39 is 0 Å². The summed E-state index contributed by atoms with van der Waals surface area (Å²) < 4.78 is 0. The number of benzene rings is 1. The molecule has 3 heteroatoms. The first-order valence-electron chi connectivity index (χ1n) is 5.50. The van der Waals surface area contributed by atoms with Gasteiger partial charge in [-0.05, 0) is 37.6 Å². The Hall–Kier alpha value is -1.54. The van der Waals surface area contributed by atoms with Gasteiger partial charge in [-0.1, -0.05) is 29.3 Å². The summed E-state index contributed by atoms with van der Waals surface area (Å²) >= 11 is 5.83. The number of halogens is 1. The van der Waals surface area contributed by atoms with E-state index in [1.165, 1.54) is 11.1 Å². The molecule has 0 atom stereocenters. The van der Waals surface area contributed by atoms with Crippen molar-refractivity contribution in [3.8, 4) is 0 Å². The number of aryl methyl sites for hydroxylation is 2. The molecule has 0 fully saturated rings. The minimum absolute atomic E-state index is 0.655. The van der Waals surface area contributed by atoms with E-state index in [1.54, 1.807) is 6.20 Å². The highest BCUT2D eigenvalue weighted by Gasteiger charge is 2.07. The van der Waals surface area contributed by atoms with Gasteiger partial charge in [0.05, 0.1) is 5.02 Å². The second kappa shape index (κ2) is 4.76. The van der Waals surface area contributed by atoms with Crippen LogP contribution in [0.4, 0.5) is 11.5 Å². The van der Waals surface area contributed by atoms with Crippen molar-refractivity contribution in [3.05, 3.63) is 52.7 Å². The molecular weight excluding hydrogens is 232 g/mol. The zero-order valence-electron chi connectivity index (χ0n) is 10.2. The minimum atomic E-state index is 0.655. The van der Waals surface area contributed by atoms with Crippen molar-refractivity contribution < 1.29 is 0 Å². The monoisotopic (exact) mass is 246 g/mol. The Bertz CT molecular complexity index is 520. The fourth-order valence-electron chi connectivity index (χ4n) is 1.87. The zero-order chi connectivity index (χ0) is 12.4. The average Bonchev–Trinajstić information content (AvgIpc) is 2.29. The van der Waals surface area contributed by atoms with Crippen molar-refractivity contribution in [1.29, 1.82) is 0 Å². The Balaban J connectivity index is 2.36. The third-order valence-corrected chi connectivity index (χ3v) is 2.99. The van der Waals surface area contributed by atoms with Crippen molar-refractivity contribution in [2.45, 2.75) is 13.8 Å². The first-order valence-corrected chi connectivity index (χ1v) is 5.88. The summed E-state index contributed by atoms with van der Waals surface area (Å²) in [6.07, 6.45) is 1.66. The number of hydrogen-bond donors (Lipinski definition) is 0. The molecule has 1 heterocycles. The molecule has 1 aromatic heterocycles. The lowest BCUT2D eigenvalue weighted by molar-refractivity contribution is 1.11. The summed E-state index contributed by atoms with van der Waals surface area (Å²) in [4.78, 5) is 6.37. The van der Waals surface area contributed by atoms with E-state index in [4.69, 9.17) is 11.6 Å². The summed E-state index contributed by atoms with van der Waals surface area (Å²) in [5.41, 5.74) is 3.67. The van der Waals surface area contributed by atoms with Gasteiger partial charge < -0.3 is 4.90 Å². The summed E-state index contributed by atoms with van der Waals surface area (Å²) in [6.45, 7) is 4.20. The maximum absolute atomic E-state index is 5.83. The van der Waals surface area contributed by atoms with Gasteiger partial charge in [0.2, 0.25) is 0 Å².